The topological polar surface area (TPSA) is 68.4 Å². The molecule has 0 bridgehead atoms. The van der Waals surface area contributed by atoms with Crippen molar-refractivity contribution in [2.45, 2.75) is 95.1 Å². The van der Waals surface area contributed by atoms with Crippen LogP contribution in [0, 0.1) is 5.92 Å². The molecule has 2 N–H and O–H groups in total. The Labute approximate surface area is 191 Å². The number of nitrogens with one attached hydrogen (secondary N) is 2. The van der Waals surface area contributed by atoms with Gasteiger partial charge in [0.2, 0.25) is 5.91 Å². The van der Waals surface area contributed by atoms with Gasteiger partial charge in [0, 0.05) is 48.5 Å². The molecule has 5 aliphatic rings. The molecule has 0 radical (unpaired) electrons. The molecule has 6 nitrogen and oxygen atoms in total. The number of likely N-dealkylation sites (tertiary alicyclic amines) is 1. The summed E-state index contributed by atoms with van der Waals surface area (Å²) in [6, 6.07) is 0.553. The summed E-state index contributed by atoms with van der Waals surface area (Å²) in [5, 5.41) is 3.19. The van der Waals surface area contributed by atoms with Crippen molar-refractivity contribution in [1.82, 2.24) is 20.1 Å². The minimum atomic E-state index is -0.309. The molecule has 2 saturated heterocycles. The van der Waals surface area contributed by atoms with E-state index in [0.717, 1.165) is 70.4 Å². The molecule has 1 saturated carbocycles. The van der Waals surface area contributed by atoms with Gasteiger partial charge in [-0.25, -0.2) is 0 Å². The predicted octanol–water partition coefficient (Wildman–Crippen LogP) is 3.20. The Morgan fingerprint density at radius 2 is 1.66 bits per heavy atom. The molecule has 1 aromatic rings. The van der Waals surface area contributed by atoms with Crippen LogP contribution in [0.25, 0.3) is 0 Å². The summed E-state index contributed by atoms with van der Waals surface area (Å²) in [4.78, 5) is 35.0. The third kappa shape index (κ3) is 3.37. The van der Waals surface area contributed by atoms with Gasteiger partial charge < -0.3 is 15.2 Å². The normalized spacial score (nSPS) is 29.2. The summed E-state index contributed by atoms with van der Waals surface area (Å²) in [6.07, 6.45) is 14.9. The number of aromatic amines is 1. The van der Waals surface area contributed by atoms with Gasteiger partial charge in [0.25, 0.3) is 0 Å². The zero-order valence-corrected chi connectivity index (χ0v) is 19.4. The fraction of sp³-hybridized carbons (Fsp3) is 0.769. The number of ketones is 1. The van der Waals surface area contributed by atoms with Crippen LogP contribution in [0.4, 0.5) is 0 Å². The molecule has 3 fully saturated rings. The smallest absolute Gasteiger partial charge is 0.241 e. The monoisotopic (exact) mass is 438 g/mol. The Morgan fingerprint density at radius 1 is 0.875 bits per heavy atom. The number of rotatable bonds is 3. The summed E-state index contributed by atoms with van der Waals surface area (Å²) in [6.45, 7) is 3.45. The fourth-order valence-corrected chi connectivity index (χ4v) is 7.48. The summed E-state index contributed by atoms with van der Waals surface area (Å²) in [7, 11) is 0. The van der Waals surface area contributed by atoms with E-state index in [-0.39, 0.29) is 17.4 Å². The molecule has 174 valence electrons. The molecule has 1 spiro atoms. The van der Waals surface area contributed by atoms with Gasteiger partial charge in [0.05, 0.1) is 6.67 Å². The van der Waals surface area contributed by atoms with Gasteiger partial charge in [-0.1, -0.05) is 25.7 Å². The van der Waals surface area contributed by atoms with E-state index in [1.54, 1.807) is 0 Å². The van der Waals surface area contributed by atoms with Crippen molar-refractivity contribution in [2.75, 3.05) is 26.3 Å². The minimum absolute atomic E-state index is 0.118. The molecule has 32 heavy (non-hydrogen) atoms. The molecule has 1 amide bonds. The van der Waals surface area contributed by atoms with Crippen LogP contribution in [0.15, 0.2) is 0 Å². The fourth-order valence-electron chi connectivity index (χ4n) is 7.48. The van der Waals surface area contributed by atoms with Gasteiger partial charge >= 0.3 is 0 Å². The summed E-state index contributed by atoms with van der Waals surface area (Å²) >= 11 is 0. The number of H-pyrrole nitrogens is 1. The van der Waals surface area contributed by atoms with Gasteiger partial charge in [-0.05, 0) is 63.4 Å². The highest BCUT2D eigenvalue weighted by Gasteiger charge is 2.52. The second kappa shape index (κ2) is 8.28. The van der Waals surface area contributed by atoms with Gasteiger partial charge in [-0.3, -0.25) is 14.5 Å². The third-order valence-corrected chi connectivity index (χ3v) is 9.29. The van der Waals surface area contributed by atoms with Crippen molar-refractivity contribution >= 4 is 11.7 Å². The van der Waals surface area contributed by atoms with Crippen LogP contribution in [-0.2, 0) is 24.1 Å². The summed E-state index contributed by atoms with van der Waals surface area (Å²) in [5.41, 5.74) is 4.60. The van der Waals surface area contributed by atoms with Crippen LogP contribution in [0.2, 0.25) is 0 Å². The molecule has 6 heteroatoms. The number of nitrogens with zero attached hydrogens (tertiary/aromatic N) is 2. The van der Waals surface area contributed by atoms with E-state index in [9.17, 15) is 9.59 Å². The van der Waals surface area contributed by atoms with Gasteiger partial charge in [0.1, 0.15) is 5.54 Å². The molecule has 2 aliphatic heterocycles. The largest absolute Gasteiger partial charge is 0.361 e. The second-order valence-corrected chi connectivity index (χ2v) is 11.0. The summed E-state index contributed by atoms with van der Waals surface area (Å²) in [5.74, 6) is 0.750. The average molecular weight is 439 g/mol. The number of amides is 1. The Bertz CT molecular complexity index is 890. The zero-order chi connectivity index (χ0) is 21.7. The lowest BCUT2D eigenvalue weighted by atomic mass is 9.81. The Morgan fingerprint density at radius 3 is 2.44 bits per heavy atom. The van der Waals surface area contributed by atoms with E-state index in [0.29, 0.717) is 11.8 Å². The van der Waals surface area contributed by atoms with Crippen molar-refractivity contribution in [3.05, 3.63) is 22.5 Å². The second-order valence-electron chi connectivity index (χ2n) is 11.0. The number of aryl methyl sites for hydroxylation is 2. The lowest BCUT2D eigenvalue weighted by Gasteiger charge is -2.46. The summed E-state index contributed by atoms with van der Waals surface area (Å²) < 4.78 is 0. The first-order valence-electron chi connectivity index (χ1n) is 13.2. The number of hydrogen-bond donors (Lipinski definition) is 2. The lowest BCUT2D eigenvalue weighted by molar-refractivity contribution is -0.130. The zero-order valence-electron chi connectivity index (χ0n) is 19.4. The number of piperidine rings is 1. The van der Waals surface area contributed by atoms with Crippen LogP contribution in [-0.4, -0.2) is 64.4 Å². The Balaban J connectivity index is 1.12. The molecule has 0 aromatic carbocycles. The molecule has 3 aliphatic carbocycles. The van der Waals surface area contributed by atoms with Crippen molar-refractivity contribution in [1.29, 1.82) is 0 Å². The number of carbonyl (C=O) groups is 2. The van der Waals surface area contributed by atoms with E-state index in [1.165, 1.54) is 61.9 Å². The SMILES string of the molecule is O=C1c2c([nH]c3c2CCC3)CCC1CN1CCC2(CC1)C(=O)NCN2C1CCCCCC1. The Hall–Kier alpha value is -1.66. The maximum Gasteiger partial charge on any atom is 0.241 e. The number of carbonyl (C=O) groups excluding carboxylic acids is 2. The number of fused-ring (bicyclic) bond motifs is 3. The average Bonchev–Trinajstić information content (AvgIpc) is 3.39. The third-order valence-electron chi connectivity index (χ3n) is 9.29. The van der Waals surface area contributed by atoms with Gasteiger partial charge in [-0.15, -0.1) is 0 Å². The maximum absolute atomic E-state index is 13.4. The highest BCUT2D eigenvalue weighted by Crippen LogP contribution is 2.39. The van der Waals surface area contributed by atoms with E-state index in [1.807, 2.05) is 0 Å². The highest BCUT2D eigenvalue weighted by atomic mass is 16.2. The molecular formula is C26H38N4O2. The molecule has 1 aromatic heterocycles. The van der Waals surface area contributed by atoms with Crippen LogP contribution >= 0.6 is 0 Å². The van der Waals surface area contributed by atoms with Crippen molar-refractivity contribution in [2.24, 2.45) is 5.92 Å². The van der Waals surface area contributed by atoms with Gasteiger partial charge in [0.15, 0.2) is 5.78 Å². The van der Waals surface area contributed by atoms with E-state index in [4.69, 9.17) is 0 Å². The van der Waals surface area contributed by atoms with Crippen LogP contribution < -0.4 is 5.32 Å². The molecule has 1 unspecified atom stereocenters. The number of aromatic nitrogens is 1. The van der Waals surface area contributed by atoms with Crippen molar-refractivity contribution in [3.63, 3.8) is 0 Å². The van der Waals surface area contributed by atoms with Crippen molar-refractivity contribution < 1.29 is 9.59 Å². The number of hydrogen-bond acceptors (Lipinski definition) is 4. The maximum atomic E-state index is 13.4. The van der Waals surface area contributed by atoms with Crippen LogP contribution in [0.3, 0.4) is 0 Å². The highest BCUT2D eigenvalue weighted by molar-refractivity contribution is 6.02. The molecule has 6 rings (SSSR count). The minimum Gasteiger partial charge on any atom is -0.361 e. The lowest BCUT2D eigenvalue weighted by Crippen LogP contribution is -2.59. The quantitative estimate of drug-likeness (QED) is 0.711. The molecular weight excluding hydrogens is 400 g/mol. The van der Waals surface area contributed by atoms with Crippen LogP contribution in [0.1, 0.15) is 91.5 Å². The van der Waals surface area contributed by atoms with E-state index >= 15 is 0 Å². The van der Waals surface area contributed by atoms with E-state index < -0.39 is 0 Å². The molecule has 1 atom stereocenters. The van der Waals surface area contributed by atoms with Gasteiger partial charge in [-0.2, -0.15) is 0 Å². The number of Topliss-reactive ketones (excluding diaryl/α,β-unsaturated/α-hetero) is 1. The van der Waals surface area contributed by atoms with E-state index in [2.05, 4.69) is 20.1 Å². The van der Waals surface area contributed by atoms with Crippen molar-refractivity contribution in [3.8, 4) is 0 Å². The first kappa shape index (κ1) is 20.9. The predicted molar refractivity (Wildman–Crippen MR) is 124 cm³/mol. The van der Waals surface area contributed by atoms with Crippen LogP contribution in [0.5, 0.6) is 0 Å². The first-order valence-corrected chi connectivity index (χ1v) is 13.2. The Kier molecular flexibility index (Phi) is 5.41. The first-order chi connectivity index (χ1) is 15.7. The standard InChI is InChI=1S/C26H38N4O2/c31-24-18(10-11-22-23(24)20-8-5-9-21(20)28-22)16-29-14-12-26(13-15-29)25(32)27-17-30(26)19-6-3-1-2-4-7-19/h18-19,28H,1-17H2,(H,27,32). The molecule has 3 heterocycles.